The molecule has 116 valence electrons. The monoisotopic (exact) mass is 280 g/mol. The van der Waals surface area contributed by atoms with Crippen LogP contribution in [0.1, 0.15) is 59.3 Å². The van der Waals surface area contributed by atoms with Crippen LogP contribution in [0.25, 0.3) is 0 Å². The van der Waals surface area contributed by atoms with Crippen molar-refractivity contribution in [2.45, 2.75) is 65.3 Å². The number of nitrogens with two attached hydrogens (primary N) is 1. The van der Waals surface area contributed by atoms with Gasteiger partial charge in [-0.25, -0.2) is 0 Å². The molecule has 2 rings (SSSR count). The molecule has 0 radical (unpaired) electrons. The van der Waals surface area contributed by atoms with Crippen molar-refractivity contribution in [3.8, 4) is 0 Å². The van der Waals surface area contributed by atoms with Crippen molar-refractivity contribution < 1.29 is 4.79 Å². The molecule has 1 amide bonds. The predicted octanol–water partition coefficient (Wildman–Crippen LogP) is 2.94. The molecule has 0 aromatic heterocycles. The van der Waals surface area contributed by atoms with Gasteiger partial charge in [0.1, 0.15) is 0 Å². The second kappa shape index (κ2) is 6.93. The van der Waals surface area contributed by atoms with Crippen LogP contribution >= 0.6 is 0 Å². The Labute approximate surface area is 124 Å². The van der Waals surface area contributed by atoms with E-state index in [0.29, 0.717) is 17.8 Å². The van der Waals surface area contributed by atoms with Crippen molar-refractivity contribution in [2.24, 2.45) is 35.3 Å². The van der Waals surface area contributed by atoms with Crippen LogP contribution < -0.4 is 11.1 Å². The number of hydrogen-bond acceptors (Lipinski definition) is 2. The first-order chi connectivity index (χ1) is 9.47. The lowest BCUT2D eigenvalue weighted by Gasteiger charge is -2.36. The van der Waals surface area contributed by atoms with Gasteiger partial charge in [-0.2, -0.15) is 0 Å². The SMILES string of the molecule is CC1CCC(CNC(=O)C2CC(N)C(C)CC2C)CC1. The van der Waals surface area contributed by atoms with Crippen molar-refractivity contribution in [3.63, 3.8) is 0 Å². The average Bonchev–Trinajstić information content (AvgIpc) is 2.42. The quantitative estimate of drug-likeness (QED) is 0.835. The average molecular weight is 280 g/mol. The first-order valence-electron chi connectivity index (χ1n) is 8.50. The summed E-state index contributed by atoms with van der Waals surface area (Å²) in [7, 11) is 0. The second-order valence-electron chi connectivity index (χ2n) is 7.57. The number of amides is 1. The number of carbonyl (C=O) groups excluding carboxylic acids is 1. The molecular weight excluding hydrogens is 248 g/mol. The number of hydrogen-bond donors (Lipinski definition) is 2. The van der Waals surface area contributed by atoms with Gasteiger partial charge in [0.05, 0.1) is 0 Å². The zero-order valence-electron chi connectivity index (χ0n) is 13.4. The van der Waals surface area contributed by atoms with E-state index in [1.807, 2.05) is 0 Å². The van der Waals surface area contributed by atoms with Gasteiger partial charge < -0.3 is 11.1 Å². The Morgan fingerprint density at radius 3 is 2.35 bits per heavy atom. The fourth-order valence-electron chi connectivity index (χ4n) is 3.96. The molecular formula is C17H32N2O. The second-order valence-corrected chi connectivity index (χ2v) is 7.57. The van der Waals surface area contributed by atoms with Crippen LogP contribution in [-0.4, -0.2) is 18.5 Å². The summed E-state index contributed by atoms with van der Waals surface area (Å²) in [6.07, 6.45) is 7.14. The van der Waals surface area contributed by atoms with Gasteiger partial charge in [0.25, 0.3) is 0 Å². The summed E-state index contributed by atoms with van der Waals surface area (Å²) >= 11 is 0. The van der Waals surface area contributed by atoms with Crippen LogP contribution in [0.5, 0.6) is 0 Å². The topological polar surface area (TPSA) is 55.1 Å². The van der Waals surface area contributed by atoms with Crippen molar-refractivity contribution >= 4 is 5.91 Å². The van der Waals surface area contributed by atoms with E-state index in [-0.39, 0.29) is 17.9 Å². The summed E-state index contributed by atoms with van der Waals surface area (Å²) < 4.78 is 0. The van der Waals surface area contributed by atoms with Crippen molar-refractivity contribution in [2.75, 3.05) is 6.54 Å². The van der Waals surface area contributed by atoms with Gasteiger partial charge in [-0.15, -0.1) is 0 Å². The fraction of sp³-hybridized carbons (Fsp3) is 0.941. The lowest BCUT2D eigenvalue weighted by Crippen LogP contribution is -2.46. The molecule has 0 aromatic rings. The van der Waals surface area contributed by atoms with E-state index in [9.17, 15) is 4.79 Å². The van der Waals surface area contributed by atoms with Crippen LogP contribution in [0.4, 0.5) is 0 Å². The van der Waals surface area contributed by atoms with Gasteiger partial charge in [-0.1, -0.05) is 33.6 Å². The first kappa shape index (κ1) is 15.8. The molecule has 0 bridgehead atoms. The fourth-order valence-corrected chi connectivity index (χ4v) is 3.96. The molecule has 0 aliphatic heterocycles. The van der Waals surface area contributed by atoms with Crippen LogP contribution in [0.2, 0.25) is 0 Å². The Hall–Kier alpha value is -0.570. The maximum Gasteiger partial charge on any atom is 0.223 e. The minimum atomic E-state index is 0.128. The third-order valence-electron chi connectivity index (χ3n) is 5.72. The van der Waals surface area contributed by atoms with Gasteiger partial charge in [0, 0.05) is 18.5 Å². The van der Waals surface area contributed by atoms with E-state index in [4.69, 9.17) is 5.73 Å². The van der Waals surface area contributed by atoms with Crippen LogP contribution in [-0.2, 0) is 4.79 Å². The van der Waals surface area contributed by atoms with E-state index >= 15 is 0 Å². The third kappa shape index (κ3) is 3.97. The predicted molar refractivity (Wildman–Crippen MR) is 83.2 cm³/mol. The minimum absolute atomic E-state index is 0.128. The molecule has 2 aliphatic carbocycles. The molecule has 3 nitrogen and oxygen atoms in total. The summed E-state index contributed by atoms with van der Waals surface area (Å²) in [5.74, 6) is 2.97. The minimum Gasteiger partial charge on any atom is -0.356 e. The summed E-state index contributed by atoms with van der Waals surface area (Å²) in [4.78, 5) is 12.4. The number of nitrogens with one attached hydrogen (secondary N) is 1. The van der Waals surface area contributed by atoms with E-state index in [0.717, 1.165) is 25.3 Å². The smallest absolute Gasteiger partial charge is 0.223 e. The van der Waals surface area contributed by atoms with Crippen LogP contribution in [0, 0.1) is 29.6 Å². The molecule has 2 saturated carbocycles. The van der Waals surface area contributed by atoms with E-state index in [1.165, 1.54) is 25.7 Å². The summed E-state index contributed by atoms with van der Waals surface area (Å²) in [5, 5.41) is 3.21. The zero-order valence-corrected chi connectivity index (χ0v) is 13.4. The van der Waals surface area contributed by atoms with Crippen LogP contribution in [0.3, 0.4) is 0 Å². The Kier molecular flexibility index (Phi) is 5.48. The highest BCUT2D eigenvalue weighted by atomic mass is 16.1. The summed E-state index contributed by atoms with van der Waals surface area (Å²) in [5.41, 5.74) is 6.14. The molecule has 0 heterocycles. The number of carbonyl (C=O) groups is 1. The van der Waals surface area contributed by atoms with Gasteiger partial charge >= 0.3 is 0 Å². The maximum atomic E-state index is 12.4. The summed E-state index contributed by atoms with van der Waals surface area (Å²) in [6.45, 7) is 7.62. The Bertz CT molecular complexity index is 323. The molecule has 3 N–H and O–H groups in total. The highest BCUT2D eigenvalue weighted by Gasteiger charge is 2.35. The van der Waals surface area contributed by atoms with E-state index in [1.54, 1.807) is 0 Å². The van der Waals surface area contributed by atoms with Gasteiger partial charge in [-0.05, 0) is 49.4 Å². The molecule has 4 atom stereocenters. The molecule has 2 aliphatic rings. The first-order valence-corrected chi connectivity index (χ1v) is 8.50. The maximum absolute atomic E-state index is 12.4. The largest absolute Gasteiger partial charge is 0.356 e. The van der Waals surface area contributed by atoms with Gasteiger partial charge in [-0.3, -0.25) is 4.79 Å². The molecule has 4 unspecified atom stereocenters. The Morgan fingerprint density at radius 2 is 1.70 bits per heavy atom. The highest BCUT2D eigenvalue weighted by Crippen LogP contribution is 2.33. The molecule has 20 heavy (non-hydrogen) atoms. The molecule has 2 fully saturated rings. The molecule has 0 aromatic carbocycles. The third-order valence-corrected chi connectivity index (χ3v) is 5.72. The molecule has 3 heteroatoms. The Balaban J connectivity index is 1.77. The summed E-state index contributed by atoms with van der Waals surface area (Å²) in [6, 6.07) is 0.192. The van der Waals surface area contributed by atoms with Crippen molar-refractivity contribution in [1.29, 1.82) is 0 Å². The zero-order chi connectivity index (χ0) is 14.7. The Morgan fingerprint density at radius 1 is 1.05 bits per heavy atom. The highest BCUT2D eigenvalue weighted by molar-refractivity contribution is 5.79. The van der Waals surface area contributed by atoms with E-state index in [2.05, 4.69) is 26.1 Å². The van der Waals surface area contributed by atoms with Crippen molar-refractivity contribution in [3.05, 3.63) is 0 Å². The number of rotatable bonds is 3. The normalized spacial score (nSPS) is 42.2. The van der Waals surface area contributed by atoms with Gasteiger partial charge in [0.2, 0.25) is 5.91 Å². The van der Waals surface area contributed by atoms with Crippen LogP contribution in [0.15, 0.2) is 0 Å². The standard InChI is InChI=1S/C17H32N2O/c1-11-4-6-14(7-5-11)10-19-17(20)15-9-16(18)13(3)8-12(15)2/h11-16H,4-10,18H2,1-3H3,(H,19,20). The lowest BCUT2D eigenvalue weighted by molar-refractivity contribution is -0.128. The molecule has 0 spiro atoms. The van der Waals surface area contributed by atoms with Crippen molar-refractivity contribution in [1.82, 2.24) is 5.32 Å². The lowest BCUT2D eigenvalue weighted by atomic mass is 9.72. The molecule has 0 saturated heterocycles. The van der Waals surface area contributed by atoms with Gasteiger partial charge in [0.15, 0.2) is 0 Å². The van der Waals surface area contributed by atoms with E-state index < -0.39 is 0 Å².